The van der Waals surface area contributed by atoms with Gasteiger partial charge in [-0.2, -0.15) is 0 Å². The van der Waals surface area contributed by atoms with Gasteiger partial charge < -0.3 is 108 Å². The first-order valence-corrected chi connectivity index (χ1v) is 29.1. The van der Waals surface area contributed by atoms with Crippen LogP contribution in [0.15, 0.2) is 0 Å². The first-order chi connectivity index (χ1) is 44.1. The summed E-state index contributed by atoms with van der Waals surface area (Å²) >= 11 is 0. The molecule has 2 aliphatic heterocycles. The maximum absolute atomic E-state index is 13.5. The van der Waals surface area contributed by atoms with E-state index in [1.54, 1.807) is 0 Å². The van der Waals surface area contributed by atoms with Crippen molar-refractivity contribution < 1.29 is 106 Å². The van der Waals surface area contributed by atoms with Crippen molar-refractivity contribution in [2.45, 2.75) is 0 Å². The van der Waals surface area contributed by atoms with Crippen molar-refractivity contribution in [1.82, 2.24) is 58.8 Å². The van der Waals surface area contributed by atoms with Gasteiger partial charge in [0.15, 0.2) is 0 Å². The fourth-order valence-corrected chi connectivity index (χ4v) is 8.48. The topological polar surface area (TPSA) is 381 Å². The molecule has 94 heavy (non-hydrogen) atoms. The van der Waals surface area contributed by atoms with E-state index >= 15 is 0 Å². The Hall–Kier alpha value is -8.52. The summed E-state index contributed by atoms with van der Waals surface area (Å²) in [6, 6.07) is 0. The van der Waals surface area contributed by atoms with E-state index in [0.29, 0.717) is 0 Å². The third-order valence-corrected chi connectivity index (χ3v) is 13.8. The van der Waals surface area contributed by atoms with Crippen LogP contribution >= 0.6 is 0 Å². The Morgan fingerprint density at radius 1 is 0.223 bits per heavy atom. The van der Waals surface area contributed by atoms with Gasteiger partial charge in [-0.05, 0) is 0 Å². The van der Waals surface area contributed by atoms with E-state index in [4.69, 9.17) is 63.6 Å². The Morgan fingerprint density at radius 2 is 0.319 bits per heavy atom. The van der Waals surface area contributed by atoms with Crippen LogP contribution in [0, 0.1) is 49.4 Å². The van der Waals surface area contributed by atoms with Crippen LogP contribution in [0.5, 0.6) is 0 Å². The zero-order valence-corrected chi connectivity index (χ0v) is 55.5. The maximum Gasteiger partial charge on any atom is 0.243 e. The monoisotopic (exact) mass is 1340 g/mol. The molecule has 0 aromatic carbocycles. The summed E-state index contributed by atoms with van der Waals surface area (Å²) in [6.45, 7) is -5.99. The molecule has 0 radical (unpaired) electrons. The van der Waals surface area contributed by atoms with Crippen molar-refractivity contribution in [3.63, 3.8) is 0 Å². The minimum atomic E-state index is -0.628. The average Bonchev–Trinajstić information content (AvgIpc) is 1.01. The summed E-state index contributed by atoms with van der Waals surface area (Å²) < 4.78 is 40.9. The highest BCUT2D eigenvalue weighted by atomic mass is 16.5. The zero-order valence-electron chi connectivity index (χ0n) is 55.5. The molecule has 0 atom stereocenters. The molecule has 12 amide bonds. The van der Waals surface area contributed by atoms with E-state index < -0.39 is 149 Å². The van der Waals surface area contributed by atoms with Crippen molar-refractivity contribution in [3.8, 4) is 49.4 Å². The van der Waals surface area contributed by atoms with Gasteiger partial charge >= 0.3 is 0 Å². The summed E-state index contributed by atoms with van der Waals surface area (Å²) in [7, 11) is 11.4. The lowest BCUT2D eigenvalue weighted by Gasteiger charge is -2.32. The van der Waals surface area contributed by atoms with Crippen LogP contribution < -0.4 is 0 Å². The summed E-state index contributed by atoms with van der Waals surface area (Å²) in [4.78, 5) is 176. The molecule has 0 unspecified atom stereocenters. The van der Waals surface area contributed by atoms with Crippen LogP contribution in [0.25, 0.3) is 0 Å². The number of hydrogen-bond acceptors (Lipinski definition) is 20. The van der Waals surface area contributed by atoms with Gasteiger partial charge in [0.05, 0.1) is 131 Å². The van der Waals surface area contributed by atoms with Crippen molar-refractivity contribution in [2.75, 3.05) is 267 Å². The highest BCUT2D eigenvalue weighted by Crippen LogP contribution is 2.09. The number of rotatable bonds is 28. The Kier molecular flexibility index (Phi) is 47.5. The zero-order chi connectivity index (χ0) is 69.0. The minimum Gasteiger partial charge on any atom is -0.412 e. The lowest BCUT2D eigenvalue weighted by atomic mass is 10.3. The SMILES string of the molecule is C#CCN1CC(=O)N(CCOC)CC(=O)N(CCOC)CC(=O)N(CC#C)CC(=O)N(CCOC)CC(=O)N(CCOC)CC1=O.C#CCN1CC(=O)N(CCOC)CC(=O)N(CCOC)CC(=O)N(CC#C)CC(=O)N(CCOC)CC(=O)N(CCOC)CC1=O.O.O. The summed E-state index contributed by atoms with van der Waals surface area (Å²) in [5.41, 5.74) is 0. The van der Waals surface area contributed by atoms with Crippen LogP contribution in [0.2, 0.25) is 0 Å². The lowest BCUT2D eigenvalue weighted by Crippen LogP contribution is -2.54. The van der Waals surface area contributed by atoms with Gasteiger partial charge in [-0.25, -0.2) is 0 Å². The number of hydrogen-bond donors (Lipinski definition) is 0. The second-order valence-electron chi connectivity index (χ2n) is 20.3. The Morgan fingerprint density at radius 3 is 0.415 bits per heavy atom. The number of amides is 12. The molecule has 34 nitrogen and oxygen atoms in total. The summed E-state index contributed by atoms with van der Waals surface area (Å²) in [6.07, 6.45) is 22.0. The molecule has 528 valence electrons. The third-order valence-electron chi connectivity index (χ3n) is 13.8. The number of carbonyl (C=O) groups is 12. The molecule has 0 spiro atoms. The summed E-state index contributed by atoms with van der Waals surface area (Å²) in [5.74, 6) is 2.12. The number of terminal acetylenes is 4. The highest BCUT2D eigenvalue weighted by molar-refractivity contribution is 5.96. The molecular weight excluding hydrogens is 1240 g/mol. The van der Waals surface area contributed by atoms with Gasteiger partial charge in [-0.15, -0.1) is 25.7 Å². The van der Waals surface area contributed by atoms with Gasteiger partial charge in [-0.1, -0.05) is 23.7 Å². The van der Waals surface area contributed by atoms with E-state index in [1.165, 1.54) is 96.1 Å². The quantitative estimate of drug-likeness (QED) is 0.0657. The molecule has 2 fully saturated rings. The highest BCUT2D eigenvalue weighted by Gasteiger charge is 2.34. The lowest BCUT2D eigenvalue weighted by molar-refractivity contribution is -0.150. The van der Waals surface area contributed by atoms with Crippen molar-refractivity contribution >= 4 is 70.9 Å². The van der Waals surface area contributed by atoms with Crippen LogP contribution in [0.3, 0.4) is 0 Å². The van der Waals surface area contributed by atoms with Gasteiger partial charge in [0.1, 0.15) is 26.2 Å². The van der Waals surface area contributed by atoms with Crippen LogP contribution in [0.1, 0.15) is 0 Å². The molecule has 34 heteroatoms. The number of ether oxygens (including phenoxy) is 8. The Labute approximate surface area is 550 Å². The predicted octanol–water partition coefficient (Wildman–Crippen LogP) is -8.00. The molecule has 0 aliphatic carbocycles. The Bertz CT molecular complexity index is 2220. The number of carbonyl (C=O) groups excluding carboxylic acids is 12. The Balaban J connectivity index is 0. The first kappa shape index (κ1) is 87.5. The molecule has 4 N–H and O–H groups in total. The molecular formula is C60H96N12O22. The van der Waals surface area contributed by atoms with Crippen LogP contribution in [0.4, 0.5) is 0 Å². The molecule has 2 aliphatic rings. The van der Waals surface area contributed by atoms with E-state index in [1.807, 2.05) is 0 Å². The van der Waals surface area contributed by atoms with Gasteiger partial charge in [0.2, 0.25) is 70.9 Å². The molecule has 0 aromatic rings. The normalized spacial score (nSPS) is 16.6. The molecule has 0 saturated carbocycles. The second-order valence-corrected chi connectivity index (χ2v) is 20.3. The molecule has 2 heterocycles. The minimum absolute atomic E-state index is 0. The summed E-state index contributed by atoms with van der Waals surface area (Å²) in [5, 5.41) is 0. The number of methoxy groups -OCH3 is 8. The molecule has 2 saturated heterocycles. The standard InChI is InChI=1S/2C30H46N6O10.2H2O/c2*1-7-9-31-19-27(39)35(13-17-45-5)23-30(42)34(12-16-44-4)22-26(38)32(10-8-2)20-28(40)36(14-18-46-6)24-29(41)33(11-15-43-3)21-25(31)37;;/h2*1-2H,9-24H2,3-6H3;2*1H2. The first-order valence-electron chi connectivity index (χ1n) is 29.1. The fourth-order valence-electron chi connectivity index (χ4n) is 8.48. The number of nitrogens with zero attached hydrogens (tertiary/aromatic N) is 12. The smallest absolute Gasteiger partial charge is 0.243 e. The van der Waals surface area contributed by atoms with Crippen LogP contribution in [-0.4, -0.2) is 407 Å². The molecule has 0 aromatic heterocycles. The largest absolute Gasteiger partial charge is 0.412 e. The van der Waals surface area contributed by atoms with E-state index in [-0.39, 0.29) is 142 Å². The van der Waals surface area contributed by atoms with Crippen molar-refractivity contribution in [3.05, 3.63) is 0 Å². The van der Waals surface area contributed by atoms with Crippen molar-refractivity contribution in [1.29, 1.82) is 0 Å². The van der Waals surface area contributed by atoms with Crippen LogP contribution in [-0.2, 0) is 95.4 Å². The molecule has 2 rings (SSSR count). The molecule has 0 bridgehead atoms. The second kappa shape index (κ2) is 51.0. The average molecular weight is 1340 g/mol. The van der Waals surface area contributed by atoms with Gasteiger partial charge in [0.25, 0.3) is 0 Å². The fraction of sp³-hybridized carbons (Fsp3) is 0.667. The maximum atomic E-state index is 13.5. The van der Waals surface area contributed by atoms with E-state index in [0.717, 1.165) is 19.6 Å². The van der Waals surface area contributed by atoms with Gasteiger partial charge in [-0.3, -0.25) is 57.5 Å². The van der Waals surface area contributed by atoms with E-state index in [2.05, 4.69) is 23.7 Å². The van der Waals surface area contributed by atoms with Gasteiger partial charge in [0, 0.05) is 109 Å². The predicted molar refractivity (Wildman–Crippen MR) is 337 cm³/mol. The van der Waals surface area contributed by atoms with E-state index in [9.17, 15) is 57.5 Å². The van der Waals surface area contributed by atoms with Crippen molar-refractivity contribution in [2.24, 2.45) is 0 Å². The third kappa shape index (κ3) is 32.9.